The van der Waals surface area contributed by atoms with E-state index < -0.39 is 12.3 Å². The van der Waals surface area contributed by atoms with Gasteiger partial charge in [0.05, 0.1) is 13.2 Å². The van der Waals surface area contributed by atoms with Crippen LogP contribution < -0.4 is 10.5 Å². The maximum atomic E-state index is 12.8. The minimum absolute atomic E-state index is 0.0565. The van der Waals surface area contributed by atoms with Crippen LogP contribution in [0.5, 0.6) is 0 Å². The third-order valence-corrected chi connectivity index (χ3v) is 3.63. The number of aromatic nitrogens is 2. The van der Waals surface area contributed by atoms with Crippen molar-refractivity contribution in [3.63, 3.8) is 0 Å². The average Bonchev–Trinajstić information content (AvgIpc) is 2.47. The lowest BCUT2D eigenvalue weighted by molar-refractivity contribution is -0.221. The van der Waals surface area contributed by atoms with E-state index in [1.807, 2.05) is 0 Å². The zero-order chi connectivity index (χ0) is 15.9. The molecule has 0 N–H and O–H groups in total. The van der Waals surface area contributed by atoms with Crippen molar-refractivity contribution in [3.05, 3.63) is 40.3 Å². The number of aryl methyl sites for hydroxylation is 1. The maximum absolute atomic E-state index is 12.8. The molecule has 0 spiro atoms. The summed E-state index contributed by atoms with van der Waals surface area (Å²) < 4.78 is 44.5. The fraction of sp³-hybridized carbons (Fsp3) is 0.429. The Balaban J connectivity index is 2.00. The number of alkyl halides is 3. The summed E-state index contributed by atoms with van der Waals surface area (Å²) in [7, 11) is 0. The molecule has 0 saturated carbocycles. The number of halogens is 3. The molecule has 5 nitrogen and oxygen atoms in total. The lowest BCUT2D eigenvalue weighted by Gasteiger charge is -2.34. The second-order valence-corrected chi connectivity index (χ2v) is 5.18. The monoisotopic (exact) mass is 313 g/mol. The van der Waals surface area contributed by atoms with Crippen molar-refractivity contribution >= 4 is 11.5 Å². The van der Waals surface area contributed by atoms with E-state index in [4.69, 9.17) is 4.74 Å². The number of anilines is 1. The van der Waals surface area contributed by atoms with Gasteiger partial charge < -0.3 is 9.64 Å². The van der Waals surface area contributed by atoms with E-state index in [-0.39, 0.29) is 31.1 Å². The van der Waals surface area contributed by atoms with Crippen LogP contribution in [0.3, 0.4) is 0 Å². The molecule has 0 aliphatic carbocycles. The number of hydrogen-bond donors (Lipinski definition) is 0. The molecule has 0 bridgehead atoms. The predicted octanol–water partition coefficient (Wildman–Crippen LogP) is 1.77. The van der Waals surface area contributed by atoms with E-state index in [0.717, 1.165) is 5.56 Å². The number of hydrogen-bond acceptors (Lipinski definition) is 4. The molecule has 0 aromatic carbocycles. The lowest BCUT2D eigenvalue weighted by Crippen LogP contribution is -2.49. The molecular formula is C14H14F3N3O2. The summed E-state index contributed by atoms with van der Waals surface area (Å²) in [6.45, 7) is 1.64. The highest BCUT2D eigenvalue weighted by molar-refractivity contribution is 5.53. The summed E-state index contributed by atoms with van der Waals surface area (Å²) in [5, 5.41) is 0. The van der Waals surface area contributed by atoms with Gasteiger partial charge in [-0.2, -0.15) is 13.2 Å². The number of fused-ring (bicyclic) bond motifs is 1. The Hall–Kier alpha value is -2.09. The van der Waals surface area contributed by atoms with Crippen molar-refractivity contribution in [2.45, 2.75) is 19.2 Å². The van der Waals surface area contributed by atoms with Crippen LogP contribution in [0.15, 0.2) is 29.2 Å². The van der Waals surface area contributed by atoms with Crippen LogP contribution in [0.1, 0.15) is 5.56 Å². The molecule has 0 radical (unpaired) electrons. The van der Waals surface area contributed by atoms with Gasteiger partial charge in [0.1, 0.15) is 11.5 Å². The van der Waals surface area contributed by atoms with E-state index in [1.54, 1.807) is 25.3 Å². The fourth-order valence-corrected chi connectivity index (χ4v) is 2.47. The van der Waals surface area contributed by atoms with Crippen LogP contribution in [-0.4, -0.2) is 41.4 Å². The van der Waals surface area contributed by atoms with Gasteiger partial charge in [-0.3, -0.25) is 9.20 Å². The normalized spacial score (nSPS) is 19.6. The van der Waals surface area contributed by atoms with Gasteiger partial charge in [0, 0.05) is 18.8 Å². The van der Waals surface area contributed by atoms with Gasteiger partial charge in [-0.25, -0.2) is 4.98 Å². The maximum Gasteiger partial charge on any atom is 0.416 e. The summed E-state index contributed by atoms with van der Waals surface area (Å²) in [6, 6.07) is 4.77. The number of nitrogens with zero attached hydrogens (tertiary/aromatic N) is 3. The Morgan fingerprint density at radius 1 is 1.41 bits per heavy atom. The van der Waals surface area contributed by atoms with Crippen molar-refractivity contribution in [2.75, 3.05) is 24.6 Å². The molecule has 8 heteroatoms. The molecule has 1 fully saturated rings. The molecule has 1 aliphatic heterocycles. The third-order valence-electron chi connectivity index (χ3n) is 3.63. The highest BCUT2D eigenvalue weighted by atomic mass is 19.4. The van der Waals surface area contributed by atoms with Crippen LogP contribution in [0.25, 0.3) is 5.65 Å². The van der Waals surface area contributed by atoms with Gasteiger partial charge in [0.2, 0.25) is 0 Å². The first-order chi connectivity index (χ1) is 10.4. The zero-order valence-electron chi connectivity index (χ0n) is 11.8. The first-order valence-corrected chi connectivity index (χ1v) is 6.78. The summed E-state index contributed by atoms with van der Waals surface area (Å²) in [5.41, 5.74) is 0.904. The molecule has 118 valence electrons. The first-order valence-electron chi connectivity index (χ1n) is 6.78. The zero-order valence-corrected chi connectivity index (χ0v) is 11.8. The van der Waals surface area contributed by atoms with Crippen molar-refractivity contribution in [2.24, 2.45) is 0 Å². The van der Waals surface area contributed by atoms with Crippen molar-refractivity contribution in [1.29, 1.82) is 0 Å². The van der Waals surface area contributed by atoms with Gasteiger partial charge in [-0.1, -0.05) is 6.07 Å². The van der Waals surface area contributed by atoms with Crippen molar-refractivity contribution in [3.8, 4) is 0 Å². The number of pyridine rings is 1. The SMILES string of the molecule is Cc1cccn2c(=O)cc(N3CCOC(C(F)(F)F)C3)nc12. The van der Waals surface area contributed by atoms with Crippen LogP contribution in [0.2, 0.25) is 0 Å². The molecule has 22 heavy (non-hydrogen) atoms. The summed E-state index contributed by atoms with van der Waals surface area (Å²) in [6.07, 6.45) is -4.71. The molecular weight excluding hydrogens is 299 g/mol. The molecule has 1 aliphatic rings. The summed E-state index contributed by atoms with van der Waals surface area (Å²) >= 11 is 0. The van der Waals surface area contributed by atoms with Gasteiger partial charge in [-0.15, -0.1) is 0 Å². The van der Waals surface area contributed by atoms with Crippen LogP contribution >= 0.6 is 0 Å². The molecule has 3 rings (SSSR count). The smallest absolute Gasteiger partial charge is 0.365 e. The van der Waals surface area contributed by atoms with Gasteiger partial charge in [0.15, 0.2) is 6.10 Å². The molecule has 2 aromatic heterocycles. The molecule has 1 unspecified atom stereocenters. The second-order valence-electron chi connectivity index (χ2n) is 5.18. The summed E-state index contributed by atoms with van der Waals surface area (Å²) in [5.74, 6) is 0.247. The largest absolute Gasteiger partial charge is 0.416 e. The quantitative estimate of drug-likeness (QED) is 0.805. The summed E-state index contributed by atoms with van der Waals surface area (Å²) in [4.78, 5) is 17.9. The van der Waals surface area contributed by atoms with Gasteiger partial charge in [0.25, 0.3) is 5.56 Å². The molecule has 1 atom stereocenters. The Bertz CT molecular complexity index is 757. The van der Waals surface area contributed by atoms with Crippen LogP contribution in [0.4, 0.5) is 19.0 Å². The molecule has 1 saturated heterocycles. The van der Waals surface area contributed by atoms with E-state index in [2.05, 4.69) is 4.98 Å². The van der Waals surface area contributed by atoms with E-state index in [9.17, 15) is 18.0 Å². The highest BCUT2D eigenvalue weighted by Crippen LogP contribution is 2.27. The van der Waals surface area contributed by atoms with E-state index >= 15 is 0 Å². The predicted molar refractivity (Wildman–Crippen MR) is 74.2 cm³/mol. The topological polar surface area (TPSA) is 46.8 Å². The second kappa shape index (κ2) is 5.28. The number of rotatable bonds is 1. The Morgan fingerprint density at radius 3 is 2.91 bits per heavy atom. The Morgan fingerprint density at radius 2 is 2.18 bits per heavy atom. The van der Waals surface area contributed by atoms with Gasteiger partial charge >= 0.3 is 6.18 Å². The molecule has 2 aromatic rings. The number of morpholine rings is 1. The van der Waals surface area contributed by atoms with Crippen molar-refractivity contribution < 1.29 is 17.9 Å². The Labute approximate surface area is 123 Å². The standard InChI is InChI=1S/C14H14F3N3O2/c1-9-3-2-4-20-12(21)7-11(18-13(9)20)19-5-6-22-10(8-19)14(15,16)17/h2-4,7,10H,5-6,8H2,1H3. The number of ether oxygens (including phenoxy) is 1. The minimum Gasteiger partial charge on any atom is -0.365 e. The fourth-order valence-electron chi connectivity index (χ4n) is 2.47. The molecule has 0 amide bonds. The minimum atomic E-state index is -4.43. The van der Waals surface area contributed by atoms with Crippen LogP contribution in [-0.2, 0) is 4.74 Å². The highest BCUT2D eigenvalue weighted by Gasteiger charge is 2.43. The first kappa shape index (κ1) is 14.8. The average molecular weight is 313 g/mol. The Kier molecular flexibility index (Phi) is 3.56. The van der Waals surface area contributed by atoms with Crippen LogP contribution in [0, 0.1) is 6.92 Å². The van der Waals surface area contributed by atoms with E-state index in [1.165, 1.54) is 15.4 Å². The molecule has 3 heterocycles. The third kappa shape index (κ3) is 2.66. The lowest BCUT2D eigenvalue weighted by atomic mass is 10.2. The van der Waals surface area contributed by atoms with Gasteiger partial charge in [-0.05, 0) is 18.6 Å². The van der Waals surface area contributed by atoms with E-state index in [0.29, 0.717) is 5.65 Å². The van der Waals surface area contributed by atoms with Crippen molar-refractivity contribution in [1.82, 2.24) is 9.38 Å².